The van der Waals surface area contributed by atoms with Crippen LogP contribution in [0.25, 0.3) is 22.4 Å². The van der Waals surface area contributed by atoms with Crippen LogP contribution in [-0.2, 0) is 6.42 Å². The molecule has 1 aromatic carbocycles. The van der Waals surface area contributed by atoms with Crippen LogP contribution in [0.2, 0.25) is 5.02 Å². The second kappa shape index (κ2) is 5.28. The molecule has 3 aromatic rings. The van der Waals surface area contributed by atoms with Crippen LogP contribution >= 0.6 is 11.6 Å². The van der Waals surface area contributed by atoms with Gasteiger partial charge in [-0.2, -0.15) is 0 Å². The van der Waals surface area contributed by atoms with E-state index in [1.165, 1.54) is 6.07 Å². The number of halogens is 2. The Labute approximate surface area is 143 Å². The summed E-state index contributed by atoms with van der Waals surface area (Å²) < 4.78 is 13.8. The molecule has 120 valence electrons. The van der Waals surface area contributed by atoms with Gasteiger partial charge in [-0.3, -0.25) is 9.78 Å². The molecule has 4 rings (SSSR count). The first-order chi connectivity index (χ1) is 11.5. The lowest BCUT2D eigenvalue weighted by Crippen LogP contribution is -2.13. The molecule has 0 unspecified atom stereocenters. The number of nitrogens with zero attached hydrogens (tertiary/aromatic N) is 1. The average molecular weight is 341 g/mol. The van der Waals surface area contributed by atoms with E-state index in [2.05, 4.69) is 9.97 Å². The Bertz CT molecular complexity index is 1040. The molecule has 24 heavy (non-hydrogen) atoms. The van der Waals surface area contributed by atoms with Crippen molar-refractivity contribution in [3.63, 3.8) is 0 Å². The fourth-order valence-electron chi connectivity index (χ4n) is 3.32. The molecule has 0 saturated carbocycles. The van der Waals surface area contributed by atoms with Gasteiger partial charge >= 0.3 is 0 Å². The number of pyridine rings is 2. The number of rotatable bonds is 1. The molecule has 0 saturated heterocycles. The lowest BCUT2D eigenvalue weighted by Gasteiger charge is -2.12. The summed E-state index contributed by atoms with van der Waals surface area (Å²) >= 11 is 5.93. The highest BCUT2D eigenvalue weighted by atomic mass is 35.5. The highest BCUT2D eigenvalue weighted by Crippen LogP contribution is 2.42. The maximum Gasteiger partial charge on any atom is 0.251 e. The minimum Gasteiger partial charge on any atom is -0.321 e. The highest BCUT2D eigenvalue weighted by molar-refractivity contribution is 6.31. The molecule has 1 aliphatic carbocycles. The summed E-state index contributed by atoms with van der Waals surface area (Å²) in [7, 11) is 0. The van der Waals surface area contributed by atoms with Gasteiger partial charge < -0.3 is 4.98 Å². The number of benzene rings is 1. The van der Waals surface area contributed by atoms with Crippen molar-refractivity contribution in [2.75, 3.05) is 0 Å². The Morgan fingerprint density at radius 3 is 2.75 bits per heavy atom. The van der Waals surface area contributed by atoms with Crippen LogP contribution in [0.1, 0.15) is 22.4 Å². The van der Waals surface area contributed by atoms with Crippen LogP contribution in [0.4, 0.5) is 4.39 Å². The normalized spacial score (nSPS) is 12.2. The van der Waals surface area contributed by atoms with E-state index in [9.17, 15) is 9.18 Å². The number of nitrogens with one attached hydrogen (secondary N) is 1. The van der Waals surface area contributed by atoms with Gasteiger partial charge in [-0.1, -0.05) is 17.7 Å². The van der Waals surface area contributed by atoms with Crippen LogP contribution in [0.3, 0.4) is 0 Å². The monoisotopic (exact) mass is 340 g/mol. The lowest BCUT2D eigenvalue weighted by atomic mass is 9.96. The maximum atomic E-state index is 13.8. The molecule has 2 aromatic heterocycles. The second-order valence-corrected chi connectivity index (χ2v) is 6.50. The van der Waals surface area contributed by atoms with Crippen molar-refractivity contribution in [1.82, 2.24) is 9.97 Å². The summed E-state index contributed by atoms with van der Waals surface area (Å²) in [4.78, 5) is 19.7. The van der Waals surface area contributed by atoms with Crippen molar-refractivity contribution in [3.05, 3.63) is 74.0 Å². The van der Waals surface area contributed by atoms with Crippen molar-refractivity contribution in [2.45, 2.75) is 20.3 Å². The summed E-state index contributed by atoms with van der Waals surface area (Å²) in [6, 6.07) is 6.91. The van der Waals surface area contributed by atoms with Gasteiger partial charge in [-0.05, 0) is 48.7 Å². The van der Waals surface area contributed by atoms with E-state index in [-0.39, 0.29) is 10.6 Å². The number of aromatic amines is 1. The van der Waals surface area contributed by atoms with E-state index in [0.29, 0.717) is 12.0 Å². The molecule has 0 fully saturated rings. The summed E-state index contributed by atoms with van der Waals surface area (Å²) in [5.41, 5.74) is 6.47. The summed E-state index contributed by atoms with van der Waals surface area (Å²) in [6.45, 7) is 3.71. The molecule has 5 heteroatoms. The van der Waals surface area contributed by atoms with Crippen molar-refractivity contribution < 1.29 is 4.39 Å². The minimum atomic E-state index is -0.444. The van der Waals surface area contributed by atoms with Crippen LogP contribution in [0.15, 0.2) is 35.3 Å². The molecule has 0 bridgehead atoms. The summed E-state index contributed by atoms with van der Waals surface area (Å²) in [5, 5.41) is 0.0570. The Kier molecular flexibility index (Phi) is 3.32. The number of H-pyrrole nitrogens is 1. The predicted molar refractivity (Wildman–Crippen MR) is 93.0 cm³/mol. The molecule has 1 aliphatic rings. The predicted octanol–water partition coefficient (Wildman–Crippen LogP) is 4.42. The number of hydrogen-bond donors (Lipinski definition) is 1. The standard InChI is InChI=1S/C19H14ClFN2O/c1-9-3-4-11(8-22-9)17-10(2)19(24)23-18-13-7-15(20)16(21)6-12(13)5-14(17)18/h3-4,6-8H,5H2,1-2H3,(H,23,24). The smallest absolute Gasteiger partial charge is 0.251 e. The zero-order valence-corrected chi connectivity index (χ0v) is 14.0. The Morgan fingerprint density at radius 2 is 2.04 bits per heavy atom. The fraction of sp³-hybridized carbons (Fsp3) is 0.158. The molecular formula is C19H14ClFN2O. The molecule has 0 aliphatic heterocycles. The van der Waals surface area contributed by atoms with E-state index in [1.54, 1.807) is 19.2 Å². The number of aromatic nitrogens is 2. The number of fused-ring (bicyclic) bond motifs is 3. The van der Waals surface area contributed by atoms with Gasteiger partial charge in [0.05, 0.1) is 10.7 Å². The molecule has 0 amide bonds. The summed E-state index contributed by atoms with van der Waals surface area (Å²) in [6.07, 6.45) is 2.33. The molecule has 1 N–H and O–H groups in total. The van der Waals surface area contributed by atoms with Gasteiger partial charge in [-0.15, -0.1) is 0 Å². The van der Waals surface area contributed by atoms with Crippen LogP contribution in [0, 0.1) is 19.7 Å². The zero-order valence-electron chi connectivity index (χ0n) is 13.2. The van der Waals surface area contributed by atoms with Crippen molar-refractivity contribution in [1.29, 1.82) is 0 Å². The summed E-state index contributed by atoms with van der Waals surface area (Å²) in [5.74, 6) is -0.444. The Morgan fingerprint density at radius 1 is 1.25 bits per heavy atom. The molecular weight excluding hydrogens is 327 g/mol. The average Bonchev–Trinajstić information content (AvgIpc) is 2.87. The third kappa shape index (κ3) is 2.18. The lowest BCUT2D eigenvalue weighted by molar-refractivity contribution is 0.627. The molecule has 3 nitrogen and oxygen atoms in total. The van der Waals surface area contributed by atoms with Gasteiger partial charge in [0.15, 0.2) is 0 Å². The van der Waals surface area contributed by atoms with Gasteiger partial charge in [0.2, 0.25) is 0 Å². The molecule has 2 heterocycles. The second-order valence-electron chi connectivity index (χ2n) is 6.10. The first kappa shape index (κ1) is 15.1. The first-order valence-corrected chi connectivity index (χ1v) is 8.00. The van der Waals surface area contributed by atoms with E-state index in [1.807, 2.05) is 19.1 Å². The fourth-order valence-corrected chi connectivity index (χ4v) is 3.48. The first-order valence-electron chi connectivity index (χ1n) is 7.63. The van der Waals surface area contributed by atoms with E-state index >= 15 is 0 Å². The topological polar surface area (TPSA) is 45.8 Å². The van der Waals surface area contributed by atoms with E-state index in [4.69, 9.17) is 11.6 Å². The molecule has 0 atom stereocenters. The van der Waals surface area contributed by atoms with Gasteiger partial charge in [-0.25, -0.2) is 4.39 Å². The van der Waals surface area contributed by atoms with Crippen molar-refractivity contribution >= 4 is 11.6 Å². The Hall–Kier alpha value is -2.46. The van der Waals surface area contributed by atoms with E-state index in [0.717, 1.165) is 39.2 Å². The Balaban J connectivity index is 2.02. The van der Waals surface area contributed by atoms with Crippen LogP contribution in [0.5, 0.6) is 0 Å². The van der Waals surface area contributed by atoms with Crippen LogP contribution < -0.4 is 5.56 Å². The highest BCUT2D eigenvalue weighted by Gasteiger charge is 2.26. The third-order valence-electron chi connectivity index (χ3n) is 4.54. The molecule has 0 radical (unpaired) electrons. The number of aryl methyl sites for hydroxylation is 1. The SMILES string of the molecule is Cc1ccc(-c2c3c([nH]c(=O)c2C)-c2cc(Cl)c(F)cc2C3)cn1. The van der Waals surface area contributed by atoms with Crippen molar-refractivity contribution in [2.24, 2.45) is 0 Å². The number of hydrogen-bond acceptors (Lipinski definition) is 2. The maximum absolute atomic E-state index is 13.8. The van der Waals surface area contributed by atoms with Gasteiger partial charge in [0.25, 0.3) is 5.56 Å². The molecule has 0 spiro atoms. The van der Waals surface area contributed by atoms with E-state index < -0.39 is 5.82 Å². The van der Waals surface area contributed by atoms with Gasteiger partial charge in [0, 0.05) is 35.0 Å². The largest absolute Gasteiger partial charge is 0.321 e. The van der Waals surface area contributed by atoms with Crippen LogP contribution in [-0.4, -0.2) is 9.97 Å². The minimum absolute atomic E-state index is 0.0570. The van der Waals surface area contributed by atoms with Crippen molar-refractivity contribution in [3.8, 4) is 22.4 Å². The third-order valence-corrected chi connectivity index (χ3v) is 4.83. The quantitative estimate of drug-likeness (QED) is 0.557. The van der Waals surface area contributed by atoms with Gasteiger partial charge in [0.1, 0.15) is 5.82 Å². The zero-order chi connectivity index (χ0) is 17.0.